The molecule has 6 nitrogen and oxygen atoms in total. The van der Waals surface area contributed by atoms with Gasteiger partial charge in [0.25, 0.3) is 5.91 Å². The van der Waals surface area contributed by atoms with E-state index < -0.39 is 0 Å². The standard InChI is InChI=1S/C30H33N3O3/c1-3-28(32-36-17-9-12-23-10-5-4-6-11-23)27-19-30(33(2)21-27)35-22-29(34)31-20-24-15-16-25-13-7-8-14-26(25)18-24/h4-8,10-11,13-16,18-19,21H,3,9,12,17,20,22H2,1-2H3,(H,31,34). The molecule has 0 fully saturated rings. The van der Waals surface area contributed by atoms with Crippen LogP contribution in [-0.4, -0.2) is 29.4 Å². The van der Waals surface area contributed by atoms with Crippen molar-refractivity contribution < 1.29 is 14.4 Å². The number of hydrogen-bond donors (Lipinski definition) is 1. The molecule has 0 saturated carbocycles. The normalized spacial score (nSPS) is 11.4. The maximum absolute atomic E-state index is 12.4. The van der Waals surface area contributed by atoms with Crippen LogP contribution in [0.15, 0.2) is 90.2 Å². The number of rotatable bonds is 12. The van der Waals surface area contributed by atoms with Crippen molar-refractivity contribution >= 4 is 22.4 Å². The predicted octanol–water partition coefficient (Wildman–Crippen LogP) is 5.64. The molecule has 3 aromatic carbocycles. The molecule has 4 rings (SSSR count). The number of oxime groups is 1. The minimum absolute atomic E-state index is 0.0561. The van der Waals surface area contributed by atoms with Gasteiger partial charge in [-0.25, -0.2) is 0 Å². The monoisotopic (exact) mass is 483 g/mol. The highest BCUT2D eigenvalue weighted by atomic mass is 16.6. The average Bonchev–Trinajstić information content (AvgIpc) is 3.28. The molecule has 1 aromatic heterocycles. The Hall–Kier alpha value is -4.06. The van der Waals surface area contributed by atoms with Crippen LogP contribution >= 0.6 is 0 Å². The number of aryl methyl sites for hydroxylation is 2. The Morgan fingerprint density at radius 2 is 1.72 bits per heavy atom. The molecule has 0 saturated heterocycles. The van der Waals surface area contributed by atoms with Gasteiger partial charge in [-0.1, -0.05) is 78.8 Å². The van der Waals surface area contributed by atoms with E-state index in [2.05, 4.69) is 46.9 Å². The summed E-state index contributed by atoms with van der Waals surface area (Å²) in [6.07, 6.45) is 4.54. The number of carbonyl (C=O) groups excluding carboxylic acids is 1. The van der Waals surface area contributed by atoms with Crippen LogP contribution in [0.2, 0.25) is 0 Å². The van der Waals surface area contributed by atoms with Crippen LogP contribution < -0.4 is 10.1 Å². The molecule has 0 aliphatic rings. The molecule has 36 heavy (non-hydrogen) atoms. The number of benzene rings is 3. The summed E-state index contributed by atoms with van der Waals surface area (Å²) in [7, 11) is 1.89. The number of nitrogens with zero attached hydrogens (tertiary/aromatic N) is 2. The van der Waals surface area contributed by atoms with Gasteiger partial charge in [0.1, 0.15) is 6.61 Å². The number of hydrogen-bond acceptors (Lipinski definition) is 4. The van der Waals surface area contributed by atoms with E-state index in [4.69, 9.17) is 9.57 Å². The number of aromatic nitrogens is 1. The Labute approximate surface area is 212 Å². The lowest BCUT2D eigenvalue weighted by Crippen LogP contribution is -2.28. The Kier molecular flexibility index (Phi) is 8.76. The topological polar surface area (TPSA) is 64.8 Å². The summed E-state index contributed by atoms with van der Waals surface area (Å²) in [5.74, 6) is 0.438. The quantitative estimate of drug-likeness (QED) is 0.161. The van der Waals surface area contributed by atoms with Gasteiger partial charge in [-0.05, 0) is 47.2 Å². The third kappa shape index (κ3) is 6.98. The van der Waals surface area contributed by atoms with E-state index in [0.717, 1.165) is 41.5 Å². The van der Waals surface area contributed by atoms with Crippen LogP contribution in [0.1, 0.15) is 36.5 Å². The van der Waals surface area contributed by atoms with Crippen LogP contribution in [0.5, 0.6) is 5.88 Å². The first-order chi connectivity index (χ1) is 17.6. The molecule has 0 aliphatic carbocycles. The Balaban J connectivity index is 1.24. The fourth-order valence-corrected chi connectivity index (χ4v) is 4.02. The van der Waals surface area contributed by atoms with E-state index >= 15 is 0 Å². The first-order valence-electron chi connectivity index (χ1n) is 12.4. The van der Waals surface area contributed by atoms with Crippen molar-refractivity contribution in [1.29, 1.82) is 0 Å². The fourth-order valence-electron chi connectivity index (χ4n) is 4.02. The number of nitrogens with one attached hydrogen (secondary N) is 1. The van der Waals surface area contributed by atoms with Crippen LogP contribution in [0.3, 0.4) is 0 Å². The van der Waals surface area contributed by atoms with Gasteiger partial charge in [-0.15, -0.1) is 0 Å². The molecule has 1 amide bonds. The summed E-state index contributed by atoms with van der Waals surface area (Å²) in [5.41, 5.74) is 4.12. The molecule has 0 spiro atoms. The zero-order valence-electron chi connectivity index (χ0n) is 20.9. The SMILES string of the molecule is CCC(=NOCCCc1ccccc1)c1cc(OCC(=O)NCc2ccc3ccccc3c2)n(C)c1. The maximum atomic E-state index is 12.4. The minimum atomic E-state index is -0.169. The molecule has 1 heterocycles. The number of fused-ring (bicyclic) bond motifs is 1. The summed E-state index contributed by atoms with van der Waals surface area (Å²) >= 11 is 0. The molecule has 0 atom stereocenters. The van der Waals surface area contributed by atoms with Crippen LogP contribution in [0.25, 0.3) is 10.8 Å². The highest BCUT2D eigenvalue weighted by Crippen LogP contribution is 2.18. The van der Waals surface area contributed by atoms with Crippen molar-refractivity contribution in [1.82, 2.24) is 9.88 Å². The second-order valence-electron chi connectivity index (χ2n) is 8.74. The molecule has 186 valence electrons. The summed E-state index contributed by atoms with van der Waals surface area (Å²) in [6.45, 7) is 3.00. The van der Waals surface area contributed by atoms with Crippen LogP contribution in [-0.2, 0) is 29.6 Å². The zero-order chi connectivity index (χ0) is 25.2. The van der Waals surface area contributed by atoms with Gasteiger partial charge in [0.15, 0.2) is 12.5 Å². The van der Waals surface area contributed by atoms with Crippen LogP contribution in [0.4, 0.5) is 0 Å². The van der Waals surface area contributed by atoms with Crippen molar-refractivity contribution in [3.05, 3.63) is 102 Å². The molecule has 6 heteroatoms. The number of amides is 1. The van der Waals surface area contributed by atoms with Gasteiger partial charge in [0.05, 0.1) is 5.71 Å². The molecule has 1 N–H and O–H groups in total. The molecule has 4 aromatic rings. The average molecular weight is 484 g/mol. The largest absolute Gasteiger partial charge is 0.469 e. The van der Waals surface area contributed by atoms with Gasteiger partial charge in [0.2, 0.25) is 0 Å². The van der Waals surface area contributed by atoms with E-state index in [1.54, 1.807) is 0 Å². The van der Waals surface area contributed by atoms with Crippen molar-refractivity contribution in [3.8, 4) is 5.88 Å². The van der Waals surface area contributed by atoms with E-state index in [-0.39, 0.29) is 12.5 Å². The van der Waals surface area contributed by atoms with E-state index in [0.29, 0.717) is 19.0 Å². The van der Waals surface area contributed by atoms with Gasteiger partial charge in [-0.2, -0.15) is 0 Å². The first kappa shape index (κ1) is 25.0. The Bertz CT molecular complexity index is 1310. The summed E-state index contributed by atoms with van der Waals surface area (Å²) in [4.78, 5) is 18.0. The lowest BCUT2D eigenvalue weighted by molar-refractivity contribution is -0.123. The third-order valence-corrected chi connectivity index (χ3v) is 6.00. The molecular weight excluding hydrogens is 450 g/mol. The van der Waals surface area contributed by atoms with E-state index in [1.165, 1.54) is 10.9 Å². The molecular formula is C30H33N3O3. The first-order valence-corrected chi connectivity index (χ1v) is 12.4. The van der Waals surface area contributed by atoms with Crippen LogP contribution in [0, 0.1) is 0 Å². The summed E-state index contributed by atoms with van der Waals surface area (Å²) < 4.78 is 7.63. The summed E-state index contributed by atoms with van der Waals surface area (Å²) in [5, 5.41) is 9.62. The van der Waals surface area contributed by atoms with Gasteiger partial charge in [0, 0.05) is 31.4 Å². The fraction of sp³-hybridized carbons (Fsp3) is 0.267. The molecule has 0 radical (unpaired) electrons. The zero-order valence-corrected chi connectivity index (χ0v) is 20.9. The van der Waals surface area contributed by atoms with Gasteiger partial charge in [-0.3, -0.25) is 4.79 Å². The molecule has 0 aliphatic heterocycles. The summed E-state index contributed by atoms with van der Waals surface area (Å²) in [6, 6.07) is 26.6. The predicted molar refractivity (Wildman–Crippen MR) is 144 cm³/mol. The van der Waals surface area contributed by atoms with Crippen molar-refractivity contribution in [2.45, 2.75) is 32.7 Å². The van der Waals surface area contributed by atoms with Gasteiger partial charge >= 0.3 is 0 Å². The smallest absolute Gasteiger partial charge is 0.258 e. The minimum Gasteiger partial charge on any atom is -0.469 e. The number of carbonyl (C=O) groups is 1. The Morgan fingerprint density at radius 3 is 2.53 bits per heavy atom. The second kappa shape index (κ2) is 12.6. The van der Waals surface area contributed by atoms with E-state index in [1.807, 2.05) is 67.2 Å². The maximum Gasteiger partial charge on any atom is 0.258 e. The highest BCUT2D eigenvalue weighted by Gasteiger charge is 2.11. The lowest BCUT2D eigenvalue weighted by atomic mass is 10.1. The van der Waals surface area contributed by atoms with Crippen molar-refractivity contribution in [3.63, 3.8) is 0 Å². The van der Waals surface area contributed by atoms with Crippen molar-refractivity contribution in [2.75, 3.05) is 13.2 Å². The van der Waals surface area contributed by atoms with E-state index in [9.17, 15) is 4.79 Å². The highest BCUT2D eigenvalue weighted by molar-refractivity contribution is 6.00. The Morgan fingerprint density at radius 1 is 0.944 bits per heavy atom. The van der Waals surface area contributed by atoms with Crippen molar-refractivity contribution in [2.24, 2.45) is 12.2 Å². The van der Waals surface area contributed by atoms with Gasteiger partial charge < -0.3 is 19.5 Å². The number of ether oxygens (including phenoxy) is 1. The molecule has 0 unspecified atom stereocenters. The molecule has 0 bridgehead atoms. The lowest BCUT2D eigenvalue weighted by Gasteiger charge is -2.08. The second-order valence-corrected chi connectivity index (χ2v) is 8.74. The third-order valence-electron chi connectivity index (χ3n) is 6.00.